The molecule has 1 aromatic carbocycles. The third-order valence-corrected chi connectivity index (χ3v) is 4.87. The summed E-state index contributed by atoms with van der Waals surface area (Å²) in [7, 11) is 1.86. The van der Waals surface area contributed by atoms with Crippen molar-refractivity contribution >= 4 is 17.7 Å². The Balaban J connectivity index is 1.69. The minimum atomic E-state index is -0.341. The van der Waals surface area contributed by atoms with E-state index in [2.05, 4.69) is 22.1 Å². The number of rotatable bonds is 6. The predicted molar refractivity (Wildman–Crippen MR) is 94.8 cm³/mol. The van der Waals surface area contributed by atoms with Crippen LogP contribution in [0.4, 0.5) is 0 Å². The monoisotopic (exact) mass is 360 g/mol. The Kier molecular flexibility index (Phi) is 5.28. The number of fused-ring (bicyclic) bond motifs is 1. The molecule has 0 saturated carbocycles. The fourth-order valence-corrected chi connectivity index (χ4v) is 3.23. The van der Waals surface area contributed by atoms with Crippen LogP contribution in [0.25, 0.3) is 0 Å². The highest BCUT2D eigenvalue weighted by Gasteiger charge is 2.28. The molecule has 7 nitrogen and oxygen atoms in total. The van der Waals surface area contributed by atoms with E-state index in [0.717, 1.165) is 5.75 Å². The molecule has 0 spiro atoms. The third kappa shape index (κ3) is 3.79. The van der Waals surface area contributed by atoms with E-state index in [1.54, 1.807) is 6.08 Å². The summed E-state index contributed by atoms with van der Waals surface area (Å²) in [5, 5.41) is 11.5. The maximum absolute atomic E-state index is 12.0. The van der Waals surface area contributed by atoms with E-state index in [1.165, 1.54) is 11.8 Å². The van der Waals surface area contributed by atoms with E-state index in [4.69, 9.17) is 9.47 Å². The number of amides is 1. The maximum Gasteiger partial charge on any atom is 0.233 e. The average molecular weight is 360 g/mol. The minimum absolute atomic E-state index is 0.0689. The van der Waals surface area contributed by atoms with E-state index in [9.17, 15) is 4.79 Å². The van der Waals surface area contributed by atoms with Crippen molar-refractivity contribution in [3.63, 3.8) is 0 Å². The molecule has 0 fully saturated rings. The number of hydrogen-bond donors (Lipinski definition) is 1. The van der Waals surface area contributed by atoms with Crippen LogP contribution >= 0.6 is 11.8 Å². The van der Waals surface area contributed by atoms with Gasteiger partial charge in [-0.2, -0.15) is 0 Å². The van der Waals surface area contributed by atoms with Gasteiger partial charge < -0.3 is 19.4 Å². The number of thioether (sulfide) groups is 1. The predicted octanol–water partition coefficient (Wildman–Crippen LogP) is 2.11. The molecule has 1 aliphatic heterocycles. The summed E-state index contributed by atoms with van der Waals surface area (Å²) in [6.45, 7) is 6.22. The number of para-hydroxylation sites is 2. The lowest BCUT2D eigenvalue weighted by atomic mass is 10.2. The second kappa shape index (κ2) is 7.60. The van der Waals surface area contributed by atoms with Gasteiger partial charge in [0.25, 0.3) is 0 Å². The maximum atomic E-state index is 12.0. The molecular weight excluding hydrogens is 340 g/mol. The molecule has 1 aromatic heterocycles. The molecule has 3 rings (SSSR count). The van der Waals surface area contributed by atoms with E-state index in [0.29, 0.717) is 29.9 Å². The van der Waals surface area contributed by atoms with Gasteiger partial charge in [0.2, 0.25) is 5.91 Å². The number of carbonyl (C=O) groups excluding carboxylic acids is 1. The van der Waals surface area contributed by atoms with Crippen molar-refractivity contribution in [1.29, 1.82) is 0 Å². The quantitative estimate of drug-likeness (QED) is 0.628. The van der Waals surface area contributed by atoms with Crippen molar-refractivity contribution in [2.24, 2.45) is 7.05 Å². The molecule has 2 aromatic rings. The number of ether oxygens (including phenoxy) is 2. The van der Waals surface area contributed by atoms with Gasteiger partial charge in [-0.15, -0.1) is 16.8 Å². The van der Waals surface area contributed by atoms with Crippen molar-refractivity contribution in [3.05, 3.63) is 42.7 Å². The first kappa shape index (κ1) is 17.3. The van der Waals surface area contributed by atoms with Crippen molar-refractivity contribution in [1.82, 2.24) is 20.1 Å². The van der Waals surface area contributed by atoms with Crippen LogP contribution in [-0.2, 0) is 11.8 Å². The highest BCUT2D eigenvalue weighted by Crippen LogP contribution is 2.36. The Hall–Kier alpha value is -2.48. The number of carbonyl (C=O) groups is 1. The van der Waals surface area contributed by atoms with Gasteiger partial charge in [0.1, 0.15) is 6.61 Å². The van der Waals surface area contributed by atoms with Crippen molar-refractivity contribution in [2.45, 2.75) is 23.4 Å². The Morgan fingerprint density at radius 1 is 1.48 bits per heavy atom. The number of hydrogen-bond acceptors (Lipinski definition) is 6. The number of nitrogens with one attached hydrogen (secondary N) is 1. The van der Waals surface area contributed by atoms with Crippen LogP contribution in [-0.4, -0.2) is 39.1 Å². The molecule has 0 radical (unpaired) electrons. The van der Waals surface area contributed by atoms with Crippen LogP contribution in [0.2, 0.25) is 0 Å². The minimum Gasteiger partial charge on any atom is -0.485 e. The summed E-state index contributed by atoms with van der Waals surface area (Å²) < 4.78 is 13.5. The summed E-state index contributed by atoms with van der Waals surface area (Å²) in [5.41, 5.74) is 0. The molecule has 0 saturated heterocycles. The molecule has 0 bridgehead atoms. The summed E-state index contributed by atoms with van der Waals surface area (Å²) in [6.07, 6.45) is 1.31. The molecule has 2 atom stereocenters. The highest BCUT2D eigenvalue weighted by molar-refractivity contribution is 8.00. The molecule has 0 aliphatic carbocycles. The largest absolute Gasteiger partial charge is 0.485 e. The van der Waals surface area contributed by atoms with Crippen LogP contribution in [0.5, 0.6) is 11.5 Å². The Bertz CT molecular complexity index is 777. The lowest BCUT2D eigenvalue weighted by Gasteiger charge is -2.25. The summed E-state index contributed by atoms with van der Waals surface area (Å²) in [6, 6.07) is 7.52. The summed E-state index contributed by atoms with van der Waals surface area (Å²) in [4.78, 5) is 12.0. The van der Waals surface area contributed by atoms with Crippen LogP contribution < -0.4 is 14.8 Å². The highest BCUT2D eigenvalue weighted by atomic mass is 32.2. The van der Waals surface area contributed by atoms with Gasteiger partial charge in [0, 0.05) is 13.6 Å². The zero-order valence-corrected chi connectivity index (χ0v) is 15.0. The van der Waals surface area contributed by atoms with Crippen molar-refractivity contribution in [2.75, 3.05) is 13.2 Å². The lowest BCUT2D eigenvalue weighted by molar-refractivity contribution is -0.120. The van der Waals surface area contributed by atoms with Crippen LogP contribution in [0, 0.1) is 0 Å². The van der Waals surface area contributed by atoms with Crippen LogP contribution in [0.1, 0.15) is 18.9 Å². The first-order valence-electron chi connectivity index (χ1n) is 7.93. The average Bonchev–Trinajstić information content (AvgIpc) is 2.99. The molecule has 1 N–H and O–H groups in total. The lowest BCUT2D eigenvalue weighted by Crippen LogP contribution is -2.31. The number of aromatic nitrogens is 3. The first-order chi connectivity index (χ1) is 12.1. The first-order valence-corrected chi connectivity index (χ1v) is 8.81. The topological polar surface area (TPSA) is 78.3 Å². The van der Waals surface area contributed by atoms with E-state index in [-0.39, 0.29) is 17.3 Å². The SMILES string of the molecule is C=CCNC(=O)[C@@H](C)Sc1nnc([C@H]2COc3ccccc3O2)n1C. The van der Waals surface area contributed by atoms with Crippen LogP contribution in [0.15, 0.2) is 42.1 Å². The van der Waals surface area contributed by atoms with Gasteiger partial charge in [-0.1, -0.05) is 30.0 Å². The zero-order chi connectivity index (χ0) is 17.8. The number of nitrogens with zero attached hydrogens (tertiary/aromatic N) is 3. The Morgan fingerprint density at radius 3 is 3.00 bits per heavy atom. The molecule has 2 heterocycles. The normalized spacial score (nSPS) is 17.0. The second-order valence-corrected chi connectivity index (χ2v) is 6.87. The van der Waals surface area contributed by atoms with Crippen LogP contribution in [0.3, 0.4) is 0 Å². The van der Waals surface area contributed by atoms with Gasteiger partial charge in [-0.25, -0.2) is 0 Å². The number of benzene rings is 1. The zero-order valence-electron chi connectivity index (χ0n) is 14.1. The second-order valence-electron chi connectivity index (χ2n) is 5.56. The molecule has 0 unspecified atom stereocenters. The smallest absolute Gasteiger partial charge is 0.233 e. The molecule has 8 heteroatoms. The van der Waals surface area contributed by atoms with Crippen molar-refractivity contribution in [3.8, 4) is 11.5 Å². The molecule has 1 aliphatic rings. The molecule has 25 heavy (non-hydrogen) atoms. The fourth-order valence-electron chi connectivity index (χ4n) is 2.38. The van der Waals surface area contributed by atoms with E-state index in [1.807, 2.05) is 42.8 Å². The van der Waals surface area contributed by atoms with Gasteiger partial charge in [-0.05, 0) is 19.1 Å². The fraction of sp³-hybridized carbons (Fsp3) is 0.353. The molecule has 132 valence electrons. The van der Waals surface area contributed by atoms with E-state index >= 15 is 0 Å². The molecule has 1 amide bonds. The van der Waals surface area contributed by atoms with Gasteiger partial charge in [0.15, 0.2) is 28.6 Å². The molecular formula is C17H20N4O3S. The standard InChI is InChI=1S/C17H20N4O3S/c1-4-9-18-16(22)11(2)25-17-20-19-15(21(17)3)14-10-23-12-7-5-6-8-13(12)24-14/h4-8,11,14H,1,9-10H2,2-3H3,(H,18,22)/t11-,14-/m1/s1. The van der Waals surface area contributed by atoms with Gasteiger partial charge >= 0.3 is 0 Å². The summed E-state index contributed by atoms with van der Waals surface area (Å²) in [5.74, 6) is 2.01. The summed E-state index contributed by atoms with van der Waals surface area (Å²) >= 11 is 1.35. The van der Waals surface area contributed by atoms with Crippen molar-refractivity contribution < 1.29 is 14.3 Å². The third-order valence-electron chi connectivity index (χ3n) is 3.74. The van der Waals surface area contributed by atoms with E-state index < -0.39 is 0 Å². The Morgan fingerprint density at radius 2 is 2.24 bits per heavy atom. The van der Waals surface area contributed by atoms with Gasteiger partial charge in [0.05, 0.1) is 5.25 Å². The Labute approximate surface area is 150 Å². The van der Waals surface area contributed by atoms with Gasteiger partial charge in [-0.3, -0.25) is 4.79 Å².